The van der Waals surface area contributed by atoms with E-state index in [-0.39, 0.29) is 17.6 Å². The van der Waals surface area contributed by atoms with Crippen LogP contribution in [-0.4, -0.2) is 5.11 Å². The first kappa shape index (κ1) is 36.7. The Kier molecular flexibility index (Phi) is 12.2. The van der Waals surface area contributed by atoms with E-state index in [9.17, 15) is 5.11 Å². The molecule has 1 unspecified atom stereocenters. The van der Waals surface area contributed by atoms with E-state index in [1.54, 1.807) is 0 Å². The Morgan fingerprint density at radius 1 is 0.449 bits per heavy atom. The molecule has 256 valence electrons. The number of hydrogen-bond donors (Lipinski definition) is 1. The molecule has 5 nitrogen and oxygen atoms in total. The molecule has 0 aromatic heterocycles. The average Bonchev–Trinajstić information content (AvgIpc) is 3.05. The van der Waals surface area contributed by atoms with Crippen LogP contribution in [0.25, 0.3) is 0 Å². The van der Waals surface area contributed by atoms with E-state index in [2.05, 4.69) is 111 Å². The van der Waals surface area contributed by atoms with E-state index in [4.69, 9.17) is 18.9 Å². The summed E-state index contributed by atoms with van der Waals surface area (Å²) in [7, 11) is 0. The van der Waals surface area contributed by atoms with Gasteiger partial charge in [-0.25, -0.2) is 0 Å². The number of phenolic OH excluding ortho intramolecular Hbond substituents is 1. The Bertz CT molecular complexity index is 1600. The molecule has 4 aromatic rings. The lowest BCUT2D eigenvalue weighted by Crippen LogP contribution is -2.10. The second-order valence-corrected chi connectivity index (χ2v) is 12.8. The van der Waals surface area contributed by atoms with Gasteiger partial charge in [0.1, 0.15) is 17.2 Å². The standard InChI is InChI=1S/C44H50O5/c1-12-46-41-22-27(5)36(19-31(41)9)34(37-20-32(10)42(47-13-2)23-28(37)6)17-16-18-35(38-21-33(11)43(48-14-3)24-29(38)7)39-26-40(45)44(49-15-4)25-30(39)8/h12-15,19-26,34-35,45H,1-4,16-18H2,5-11H3. The zero-order valence-electron chi connectivity index (χ0n) is 30.1. The molecule has 0 aliphatic rings. The minimum absolute atomic E-state index is 0.0122. The molecule has 0 spiro atoms. The predicted octanol–water partition coefficient (Wildman–Crippen LogP) is 11.8. The number of phenols is 1. The molecular formula is C44H50O5. The van der Waals surface area contributed by atoms with Crippen LogP contribution in [0.4, 0.5) is 0 Å². The van der Waals surface area contributed by atoms with Gasteiger partial charge in [0.15, 0.2) is 11.5 Å². The van der Waals surface area contributed by atoms with Gasteiger partial charge in [-0.15, -0.1) is 0 Å². The molecule has 0 heterocycles. The lowest BCUT2D eigenvalue weighted by Gasteiger charge is -2.27. The second-order valence-electron chi connectivity index (χ2n) is 12.8. The predicted molar refractivity (Wildman–Crippen MR) is 201 cm³/mol. The van der Waals surface area contributed by atoms with Crippen molar-refractivity contribution in [3.8, 4) is 28.7 Å². The van der Waals surface area contributed by atoms with E-state index in [0.717, 1.165) is 81.0 Å². The Morgan fingerprint density at radius 3 is 1.06 bits per heavy atom. The van der Waals surface area contributed by atoms with Crippen molar-refractivity contribution < 1.29 is 24.1 Å². The van der Waals surface area contributed by atoms with Crippen LogP contribution >= 0.6 is 0 Å². The maximum atomic E-state index is 11.0. The van der Waals surface area contributed by atoms with Crippen LogP contribution in [0.2, 0.25) is 0 Å². The van der Waals surface area contributed by atoms with Crippen molar-refractivity contribution in [3.05, 3.63) is 161 Å². The quantitative estimate of drug-likeness (QED) is 0.121. The zero-order chi connectivity index (χ0) is 35.8. The van der Waals surface area contributed by atoms with Crippen LogP contribution in [0.15, 0.2) is 99.9 Å². The fraction of sp³-hybridized carbons (Fsp3) is 0.273. The molecule has 0 saturated carbocycles. The first-order valence-electron chi connectivity index (χ1n) is 16.7. The molecule has 0 amide bonds. The first-order valence-corrected chi connectivity index (χ1v) is 16.7. The van der Waals surface area contributed by atoms with Crippen LogP contribution in [0.3, 0.4) is 0 Å². The summed E-state index contributed by atoms with van der Waals surface area (Å²) in [6.07, 6.45) is 8.40. The third-order valence-electron chi connectivity index (χ3n) is 9.37. The molecule has 0 bridgehead atoms. The van der Waals surface area contributed by atoms with Gasteiger partial charge in [0, 0.05) is 11.8 Å². The smallest absolute Gasteiger partial charge is 0.168 e. The molecular weight excluding hydrogens is 608 g/mol. The van der Waals surface area contributed by atoms with Gasteiger partial charge in [0.05, 0.1) is 25.0 Å². The topological polar surface area (TPSA) is 57.2 Å². The minimum Gasteiger partial charge on any atom is -0.504 e. The monoisotopic (exact) mass is 658 g/mol. The molecule has 4 aromatic carbocycles. The molecule has 0 fully saturated rings. The van der Waals surface area contributed by atoms with Gasteiger partial charge in [-0.1, -0.05) is 50.9 Å². The minimum atomic E-state index is 0.0122. The van der Waals surface area contributed by atoms with Crippen LogP contribution in [0, 0.1) is 48.5 Å². The molecule has 0 saturated heterocycles. The molecule has 1 atom stereocenters. The van der Waals surface area contributed by atoms with Crippen molar-refractivity contribution in [3.63, 3.8) is 0 Å². The molecule has 49 heavy (non-hydrogen) atoms. The summed E-state index contributed by atoms with van der Waals surface area (Å²) in [5, 5.41) is 11.0. The van der Waals surface area contributed by atoms with Crippen molar-refractivity contribution in [2.45, 2.75) is 79.6 Å². The lowest BCUT2D eigenvalue weighted by molar-refractivity contribution is 0.409. The highest BCUT2D eigenvalue weighted by Gasteiger charge is 2.25. The molecule has 0 radical (unpaired) electrons. The van der Waals surface area contributed by atoms with E-state index >= 15 is 0 Å². The second kappa shape index (κ2) is 16.3. The fourth-order valence-corrected chi connectivity index (χ4v) is 6.94. The van der Waals surface area contributed by atoms with Crippen LogP contribution < -0.4 is 18.9 Å². The van der Waals surface area contributed by atoms with Crippen LogP contribution in [0.1, 0.15) is 92.3 Å². The molecule has 0 aliphatic carbocycles. The Labute approximate surface area is 292 Å². The van der Waals surface area contributed by atoms with Gasteiger partial charge in [-0.05, 0) is 153 Å². The number of hydrogen-bond acceptors (Lipinski definition) is 5. The molecule has 5 heteroatoms. The van der Waals surface area contributed by atoms with E-state index < -0.39 is 0 Å². The lowest BCUT2D eigenvalue weighted by atomic mass is 9.78. The van der Waals surface area contributed by atoms with Crippen LogP contribution in [-0.2, 0) is 0 Å². The maximum Gasteiger partial charge on any atom is 0.168 e. The highest BCUT2D eigenvalue weighted by molar-refractivity contribution is 5.54. The van der Waals surface area contributed by atoms with Gasteiger partial charge < -0.3 is 24.1 Å². The normalized spacial score (nSPS) is 11.5. The van der Waals surface area contributed by atoms with E-state index in [0.29, 0.717) is 5.75 Å². The first-order chi connectivity index (χ1) is 23.4. The summed E-state index contributed by atoms with van der Waals surface area (Å²) in [6.45, 7) is 29.6. The fourth-order valence-electron chi connectivity index (χ4n) is 6.94. The van der Waals surface area contributed by atoms with Crippen molar-refractivity contribution in [2.24, 2.45) is 0 Å². The summed E-state index contributed by atoms with van der Waals surface area (Å²) in [4.78, 5) is 0. The third-order valence-corrected chi connectivity index (χ3v) is 9.37. The number of rotatable bonds is 16. The van der Waals surface area contributed by atoms with Crippen LogP contribution in [0.5, 0.6) is 28.7 Å². The maximum absolute atomic E-state index is 11.0. The largest absolute Gasteiger partial charge is 0.504 e. The summed E-state index contributed by atoms with van der Waals surface area (Å²) in [6, 6.07) is 16.7. The summed E-state index contributed by atoms with van der Waals surface area (Å²) in [5.41, 5.74) is 12.4. The molecule has 1 N–H and O–H groups in total. The number of ether oxygens (including phenoxy) is 4. The summed E-state index contributed by atoms with van der Waals surface area (Å²) in [5.74, 6) is 3.02. The van der Waals surface area contributed by atoms with Gasteiger partial charge >= 0.3 is 0 Å². The van der Waals surface area contributed by atoms with Crippen molar-refractivity contribution in [2.75, 3.05) is 0 Å². The SMILES string of the molecule is C=COc1cc(C)c(C(CCCC(c2cc(C)c(OC=C)cc2C)c2cc(O)c(OC=C)cc2C)c2cc(C)c(OC=C)cc2C)cc1C. The van der Waals surface area contributed by atoms with Gasteiger partial charge in [0.2, 0.25) is 0 Å². The Balaban J connectivity index is 1.81. The Hall–Kier alpha value is -5.16. The zero-order valence-corrected chi connectivity index (χ0v) is 30.1. The third kappa shape index (κ3) is 8.29. The summed E-state index contributed by atoms with van der Waals surface area (Å²) >= 11 is 0. The highest BCUT2D eigenvalue weighted by atomic mass is 16.5. The highest BCUT2D eigenvalue weighted by Crippen LogP contribution is 2.43. The van der Waals surface area contributed by atoms with E-state index in [1.165, 1.54) is 41.7 Å². The van der Waals surface area contributed by atoms with Gasteiger partial charge in [-0.2, -0.15) is 0 Å². The number of aryl methyl sites for hydroxylation is 7. The Morgan fingerprint density at radius 2 is 0.735 bits per heavy atom. The average molecular weight is 659 g/mol. The molecule has 0 aliphatic heterocycles. The van der Waals surface area contributed by atoms with Crippen molar-refractivity contribution in [1.82, 2.24) is 0 Å². The number of benzene rings is 4. The van der Waals surface area contributed by atoms with Gasteiger partial charge in [0.25, 0.3) is 0 Å². The number of aromatic hydroxyl groups is 1. The van der Waals surface area contributed by atoms with Crippen molar-refractivity contribution >= 4 is 0 Å². The van der Waals surface area contributed by atoms with E-state index in [1.807, 2.05) is 12.1 Å². The van der Waals surface area contributed by atoms with Gasteiger partial charge in [-0.3, -0.25) is 0 Å². The molecule has 4 rings (SSSR count). The summed E-state index contributed by atoms with van der Waals surface area (Å²) < 4.78 is 22.7. The van der Waals surface area contributed by atoms with Crippen molar-refractivity contribution in [1.29, 1.82) is 0 Å².